The molecule has 9 nitrogen and oxygen atoms in total. The Labute approximate surface area is 242 Å². The minimum absolute atomic E-state index is 0.00645. The number of benzene rings is 2. The number of hydrogen-bond acceptors (Lipinski definition) is 5. The van der Waals surface area contributed by atoms with Crippen LogP contribution in [0.4, 0.5) is 5.82 Å². The molecule has 1 aliphatic heterocycles. The molecule has 2 unspecified atom stereocenters. The summed E-state index contributed by atoms with van der Waals surface area (Å²) >= 11 is 0. The Morgan fingerprint density at radius 3 is 2.27 bits per heavy atom. The van der Waals surface area contributed by atoms with Gasteiger partial charge in [-0.15, -0.1) is 0 Å². The average Bonchev–Trinajstić information content (AvgIpc) is 3.46. The first-order chi connectivity index (χ1) is 19.7. The van der Waals surface area contributed by atoms with Gasteiger partial charge in [0.15, 0.2) is 5.82 Å². The van der Waals surface area contributed by atoms with Gasteiger partial charge in [-0.1, -0.05) is 81.4 Å². The van der Waals surface area contributed by atoms with Gasteiger partial charge in [-0.3, -0.25) is 14.4 Å². The van der Waals surface area contributed by atoms with Gasteiger partial charge in [0, 0.05) is 25.2 Å². The van der Waals surface area contributed by atoms with Gasteiger partial charge in [0.05, 0.1) is 19.5 Å². The molecule has 218 valence electrons. The number of anilines is 1. The van der Waals surface area contributed by atoms with Crippen molar-refractivity contribution < 1.29 is 19.1 Å². The van der Waals surface area contributed by atoms with E-state index in [-0.39, 0.29) is 30.2 Å². The maximum Gasteiger partial charge on any atom is 0.253 e. The maximum atomic E-state index is 14.0. The maximum absolute atomic E-state index is 14.0. The first kappa shape index (κ1) is 30.0. The van der Waals surface area contributed by atoms with E-state index < -0.39 is 17.5 Å². The minimum atomic E-state index is -1.05. The summed E-state index contributed by atoms with van der Waals surface area (Å²) in [6, 6.07) is 18.3. The summed E-state index contributed by atoms with van der Waals surface area (Å²) in [5, 5.41) is 5.59. The van der Waals surface area contributed by atoms with Gasteiger partial charge in [0.25, 0.3) is 11.8 Å². The molecule has 0 saturated carbocycles. The third kappa shape index (κ3) is 7.41. The topological polar surface area (TPSA) is 106 Å². The van der Waals surface area contributed by atoms with E-state index in [0.717, 1.165) is 24.0 Å². The lowest BCUT2D eigenvalue weighted by molar-refractivity contribution is -0.139. The van der Waals surface area contributed by atoms with Crippen LogP contribution >= 0.6 is 0 Å². The van der Waals surface area contributed by atoms with E-state index in [1.807, 2.05) is 72.5 Å². The number of carbonyl (C=O) groups is 3. The Bertz CT molecular complexity index is 1300. The number of piperidine rings is 1. The first-order valence-electron chi connectivity index (χ1n) is 14.3. The highest BCUT2D eigenvalue weighted by atomic mass is 16.5. The molecule has 0 aliphatic carbocycles. The van der Waals surface area contributed by atoms with Crippen molar-refractivity contribution >= 4 is 23.5 Å². The lowest BCUT2D eigenvalue weighted by Gasteiger charge is -2.38. The standard InChI is InChI=1S/C32H41N5O4/c1-23(2)29(38)34-27(21-41-20-25-11-7-5-8-12-25)30(39)35-28-19-37(22-33-28)32(4,26-13-9-6-10-14-26)31(40)36-17-15-24(3)16-18-36/h5-14,19,22-24,27H,15-18,20-21H2,1-4H3,(H,34,38)(H,35,39). The number of nitrogens with one attached hydrogen (secondary N) is 2. The Balaban J connectivity index is 1.52. The summed E-state index contributed by atoms with van der Waals surface area (Å²) in [4.78, 5) is 46.2. The van der Waals surface area contributed by atoms with Crippen LogP contribution in [0.15, 0.2) is 73.2 Å². The Morgan fingerprint density at radius 1 is 1.00 bits per heavy atom. The summed E-state index contributed by atoms with van der Waals surface area (Å²) in [5.41, 5.74) is 0.742. The van der Waals surface area contributed by atoms with Crippen molar-refractivity contribution in [3.8, 4) is 0 Å². The largest absolute Gasteiger partial charge is 0.374 e. The summed E-state index contributed by atoms with van der Waals surface area (Å²) < 4.78 is 7.55. The van der Waals surface area contributed by atoms with E-state index in [0.29, 0.717) is 25.6 Å². The Hall–Kier alpha value is -3.98. The van der Waals surface area contributed by atoms with Crippen molar-refractivity contribution in [3.63, 3.8) is 0 Å². The van der Waals surface area contributed by atoms with Crippen molar-refractivity contribution in [2.24, 2.45) is 11.8 Å². The fourth-order valence-corrected chi connectivity index (χ4v) is 4.90. The average molecular weight is 560 g/mol. The highest BCUT2D eigenvalue weighted by molar-refractivity contribution is 5.97. The molecule has 0 radical (unpaired) electrons. The van der Waals surface area contributed by atoms with Crippen molar-refractivity contribution in [1.29, 1.82) is 0 Å². The number of likely N-dealkylation sites (tertiary alicyclic amines) is 1. The highest BCUT2D eigenvalue weighted by Gasteiger charge is 2.41. The molecular weight excluding hydrogens is 518 g/mol. The van der Waals surface area contributed by atoms with Gasteiger partial charge in [-0.25, -0.2) is 4.98 Å². The molecule has 1 fully saturated rings. The van der Waals surface area contributed by atoms with Crippen LogP contribution in [0.5, 0.6) is 0 Å². The second kappa shape index (κ2) is 13.6. The monoisotopic (exact) mass is 559 g/mol. The van der Waals surface area contributed by atoms with E-state index in [1.165, 1.54) is 0 Å². The molecular formula is C32H41N5O4. The van der Waals surface area contributed by atoms with E-state index in [9.17, 15) is 14.4 Å². The summed E-state index contributed by atoms with van der Waals surface area (Å²) in [6.45, 7) is 9.35. The zero-order chi connectivity index (χ0) is 29.4. The van der Waals surface area contributed by atoms with Crippen LogP contribution in [0, 0.1) is 11.8 Å². The quantitative estimate of drug-likeness (QED) is 0.366. The summed E-state index contributed by atoms with van der Waals surface area (Å²) in [7, 11) is 0. The van der Waals surface area contributed by atoms with Crippen LogP contribution in [0.2, 0.25) is 0 Å². The van der Waals surface area contributed by atoms with Crippen molar-refractivity contribution in [2.75, 3.05) is 25.0 Å². The van der Waals surface area contributed by atoms with Gasteiger partial charge in [-0.2, -0.15) is 0 Å². The molecule has 4 rings (SSSR count). The molecule has 9 heteroatoms. The molecule has 0 spiro atoms. The zero-order valence-electron chi connectivity index (χ0n) is 24.4. The van der Waals surface area contributed by atoms with Gasteiger partial charge < -0.3 is 24.8 Å². The number of ether oxygens (including phenoxy) is 1. The number of aromatic nitrogens is 2. The third-order valence-corrected chi connectivity index (χ3v) is 7.73. The Morgan fingerprint density at radius 2 is 1.63 bits per heavy atom. The highest BCUT2D eigenvalue weighted by Crippen LogP contribution is 2.31. The van der Waals surface area contributed by atoms with Gasteiger partial charge in [0.1, 0.15) is 11.6 Å². The van der Waals surface area contributed by atoms with E-state index in [4.69, 9.17) is 4.74 Å². The van der Waals surface area contributed by atoms with Crippen LogP contribution in [0.1, 0.15) is 51.7 Å². The summed E-state index contributed by atoms with van der Waals surface area (Å²) in [5.74, 6) is -0.134. The fourth-order valence-electron chi connectivity index (χ4n) is 4.90. The number of carbonyl (C=O) groups excluding carboxylic acids is 3. The Kier molecular flexibility index (Phi) is 9.94. The molecule has 1 saturated heterocycles. The summed E-state index contributed by atoms with van der Waals surface area (Å²) in [6.07, 6.45) is 5.18. The predicted molar refractivity (Wildman–Crippen MR) is 158 cm³/mol. The molecule has 2 N–H and O–H groups in total. The molecule has 0 bridgehead atoms. The number of amides is 3. The molecule has 2 atom stereocenters. The molecule has 3 amide bonds. The molecule has 1 aromatic heterocycles. The van der Waals surface area contributed by atoms with Gasteiger partial charge >= 0.3 is 0 Å². The smallest absolute Gasteiger partial charge is 0.253 e. The lowest BCUT2D eigenvalue weighted by atomic mass is 9.88. The molecule has 2 heterocycles. The number of imidazole rings is 1. The van der Waals surface area contributed by atoms with Gasteiger partial charge in [-0.05, 0) is 36.8 Å². The number of hydrogen-bond donors (Lipinski definition) is 2. The number of nitrogens with zero attached hydrogens (tertiary/aromatic N) is 3. The molecule has 41 heavy (non-hydrogen) atoms. The van der Waals surface area contributed by atoms with Crippen molar-refractivity contribution in [2.45, 2.75) is 58.7 Å². The second-order valence-electron chi connectivity index (χ2n) is 11.3. The van der Waals surface area contributed by atoms with Crippen LogP contribution in [0.25, 0.3) is 0 Å². The minimum Gasteiger partial charge on any atom is -0.374 e. The molecule has 1 aliphatic rings. The predicted octanol–water partition coefficient (Wildman–Crippen LogP) is 4.20. The lowest BCUT2D eigenvalue weighted by Crippen LogP contribution is -2.51. The molecule has 2 aromatic carbocycles. The molecule has 3 aromatic rings. The normalized spacial score (nSPS) is 16.2. The van der Waals surface area contributed by atoms with Gasteiger partial charge in [0.2, 0.25) is 5.91 Å². The van der Waals surface area contributed by atoms with Crippen LogP contribution < -0.4 is 10.6 Å². The van der Waals surface area contributed by atoms with E-state index >= 15 is 0 Å². The SMILES string of the molecule is CC1CCN(C(=O)C(C)(c2ccccc2)n2cnc(NC(=O)C(COCc3ccccc3)NC(=O)C(C)C)c2)CC1. The van der Waals surface area contributed by atoms with Crippen molar-refractivity contribution in [3.05, 3.63) is 84.3 Å². The van der Waals surface area contributed by atoms with Crippen molar-refractivity contribution in [1.82, 2.24) is 19.8 Å². The zero-order valence-corrected chi connectivity index (χ0v) is 24.4. The van der Waals surface area contributed by atoms with Crippen LogP contribution in [0.3, 0.4) is 0 Å². The fraction of sp³-hybridized carbons (Fsp3) is 0.438. The second-order valence-corrected chi connectivity index (χ2v) is 11.3. The van der Waals surface area contributed by atoms with Crippen LogP contribution in [-0.4, -0.2) is 57.9 Å². The third-order valence-electron chi connectivity index (χ3n) is 7.73. The van der Waals surface area contributed by atoms with E-state index in [1.54, 1.807) is 30.9 Å². The van der Waals surface area contributed by atoms with Crippen LogP contribution in [-0.2, 0) is 31.3 Å². The number of rotatable bonds is 11. The first-order valence-corrected chi connectivity index (χ1v) is 14.3. The van der Waals surface area contributed by atoms with E-state index in [2.05, 4.69) is 22.5 Å².